The van der Waals surface area contributed by atoms with E-state index in [0.29, 0.717) is 0 Å². The van der Waals surface area contributed by atoms with Crippen LogP contribution in [0, 0.1) is 3.57 Å². The van der Waals surface area contributed by atoms with Crippen molar-refractivity contribution >= 4 is 22.6 Å². The summed E-state index contributed by atoms with van der Waals surface area (Å²) < 4.78 is 1.20. The minimum absolute atomic E-state index is 0.299. The molecule has 1 nitrogen and oxygen atoms in total. The molecule has 0 bridgehead atoms. The molecule has 1 atom stereocenters. The van der Waals surface area contributed by atoms with E-state index < -0.39 is 0 Å². The predicted molar refractivity (Wildman–Crippen MR) is 54.4 cm³/mol. The summed E-state index contributed by atoms with van der Waals surface area (Å²) >= 11 is 2.25. The summed E-state index contributed by atoms with van der Waals surface area (Å²) in [6.07, 6.45) is 0.479. The van der Waals surface area contributed by atoms with Gasteiger partial charge in [-0.25, -0.2) is 0 Å². The van der Waals surface area contributed by atoms with Crippen LogP contribution in [0.25, 0.3) is 0 Å². The highest BCUT2D eigenvalue weighted by Crippen LogP contribution is 2.16. The Labute approximate surface area is 80.6 Å². The normalized spacial score (nSPS) is 13.0. The lowest BCUT2D eigenvalue weighted by Crippen LogP contribution is -1.93. The van der Waals surface area contributed by atoms with E-state index in [1.165, 1.54) is 3.57 Å². The highest BCUT2D eigenvalue weighted by atomic mass is 127. The fraction of sp³-hybridized carbons (Fsp3) is 0.333. The first-order valence-corrected chi connectivity index (χ1v) is 4.75. The van der Waals surface area contributed by atoms with Gasteiger partial charge in [0, 0.05) is 3.57 Å². The Morgan fingerprint density at radius 3 is 2.36 bits per heavy atom. The number of hydrogen-bond acceptors (Lipinski definition) is 1. The summed E-state index contributed by atoms with van der Waals surface area (Å²) in [4.78, 5) is 0. The summed E-state index contributed by atoms with van der Waals surface area (Å²) in [6, 6.07) is 7.95. The Morgan fingerprint density at radius 2 is 1.91 bits per heavy atom. The number of benzene rings is 1. The van der Waals surface area contributed by atoms with Crippen molar-refractivity contribution < 1.29 is 5.11 Å². The third kappa shape index (κ3) is 2.45. The molecule has 0 amide bonds. The van der Waals surface area contributed by atoms with Crippen LogP contribution in [0.3, 0.4) is 0 Å². The summed E-state index contributed by atoms with van der Waals surface area (Å²) in [5.41, 5.74) is 1.01. The van der Waals surface area contributed by atoms with Gasteiger partial charge in [0.05, 0.1) is 6.10 Å². The molecule has 0 unspecified atom stereocenters. The van der Waals surface area contributed by atoms with Gasteiger partial charge < -0.3 is 5.11 Å². The van der Waals surface area contributed by atoms with Gasteiger partial charge in [-0.05, 0) is 46.7 Å². The third-order valence-electron chi connectivity index (χ3n) is 1.64. The first-order valence-electron chi connectivity index (χ1n) is 3.67. The maximum absolute atomic E-state index is 9.42. The molecule has 60 valence electrons. The Hall–Kier alpha value is -0.0900. The molecular formula is C9H11IO. The zero-order valence-corrected chi connectivity index (χ0v) is 8.58. The van der Waals surface area contributed by atoms with E-state index in [2.05, 4.69) is 22.6 Å². The standard InChI is InChI=1S/C9H11IO/c1-2-9(11)7-3-5-8(10)6-4-7/h3-6,9,11H,2H2,1H3/t9-/m1/s1. The molecule has 1 aromatic rings. The Bertz CT molecular complexity index is 218. The van der Waals surface area contributed by atoms with Gasteiger partial charge in [-0.2, -0.15) is 0 Å². The van der Waals surface area contributed by atoms with Crippen LogP contribution < -0.4 is 0 Å². The lowest BCUT2D eigenvalue weighted by Gasteiger charge is -2.06. The molecule has 0 radical (unpaired) electrons. The zero-order chi connectivity index (χ0) is 8.27. The molecule has 0 aliphatic carbocycles. The summed E-state index contributed by atoms with van der Waals surface area (Å²) in [5, 5.41) is 9.42. The van der Waals surface area contributed by atoms with E-state index in [9.17, 15) is 5.11 Å². The second kappa shape index (κ2) is 4.07. The zero-order valence-electron chi connectivity index (χ0n) is 6.42. The summed E-state index contributed by atoms with van der Waals surface area (Å²) in [6.45, 7) is 1.97. The minimum atomic E-state index is -0.299. The quantitative estimate of drug-likeness (QED) is 0.812. The first kappa shape index (κ1) is 9.00. The van der Waals surface area contributed by atoms with Crippen molar-refractivity contribution in [3.8, 4) is 0 Å². The van der Waals surface area contributed by atoms with E-state index in [4.69, 9.17) is 0 Å². The number of hydrogen-bond donors (Lipinski definition) is 1. The number of aliphatic hydroxyl groups is 1. The van der Waals surface area contributed by atoms with Gasteiger partial charge in [0.1, 0.15) is 0 Å². The molecule has 0 heterocycles. The Morgan fingerprint density at radius 1 is 1.36 bits per heavy atom. The molecule has 0 spiro atoms. The highest BCUT2D eigenvalue weighted by Gasteiger charge is 2.02. The Kier molecular flexibility index (Phi) is 3.33. The molecule has 0 fully saturated rings. The average Bonchev–Trinajstić information content (AvgIpc) is 2.05. The molecule has 1 N–H and O–H groups in total. The van der Waals surface area contributed by atoms with Crippen molar-refractivity contribution in [2.24, 2.45) is 0 Å². The van der Waals surface area contributed by atoms with Gasteiger partial charge in [-0.1, -0.05) is 19.1 Å². The van der Waals surface area contributed by atoms with E-state index in [0.717, 1.165) is 12.0 Å². The van der Waals surface area contributed by atoms with Crippen LogP contribution in [0.1, 0.15) is 25.0 Å². The molecule has 0 aliphatic rings. The van der Waals surface area contributed by atoms with Crippen LogP contribution in [-0.2, 0) is 0 Å². The molecular weight excluding hydrogens is 251 g/mol. The van der Waals surface area contributed by atoms with Gasteiger partial charge in [-0.15, -0.1) is 0 Å². The topological polar surface area (TPSA) is 20.2 Å². The van der Waals surface area contributed by atoms with E-state index in [1.54, 1.807) is 0 Å². The maximum atomic E-state index is 9.42. The van der Waals surface area contributed by atoms with Gasteiger partial charge in [-0.3, -0.25) is 0 Å². The van der Waals surface area contributed by atoms with E-state index >= 15 is 0 Å². The van der Waals surface area contributed by atoms with Crippen molar-refractivity contribution in [3.63, 3.8) is 0 Å². The SMILES string of the molecule is CC[C@@H](O)c1ccc(I)cc1. The molecule has 1 aromatic carbocycles. The monoisotopic (exact) mass is 262 g/mol. The van der Waals surface area contributed by atoms with Crippen LogP contribution in [0.2, 0.25) is 0 Å². The second-order valence-electron chi connectivity index (χ2n) is 2.48. The highest BCUT2D eigenvalue weighted by molar-refractivity contribution is 14.1. The van der Waals surface area contributed by atoms with Crippen LogP contribution in [0.5, 0.6) is 0 Å². The predicted octanol–water partition coefficient (Wildman–Crippen LogP) is 2.73. The van der Waals surface area contributed by atoms with Gasteiger partial charge in [0.15, 0.2) is 0 Å². The smallest absolute Gasteiger partial charge is 0.0787 e. The van der Waals surface area contributed by atoms with Crippen molar-refractivity contribution in [2.75, 3.05) is 0 Å². The second-order valence-corrected chi connectivity index (χ2v) is 3.72. The molecule has 0 saturated carbocycles. The molecule has 0 aromatic heterocycles. The van der Waals surface area contributed by atoms with Gasteiger partial charge >= 0.3 is 0 Å². The number of halogens is 1. The van der Waals surface area contributed by atoms with Crippen molar-refractivity contribution in [1.82, 2.24) is 0 Å². The van der Waals surface area contributed by atoms with E-state index in [1.807, 2.05) is 31.2 Å². The fourth-order valence-corrected chi connectivity index (χ4v) is 1.28. The molecule has 0 saturated heterocycles. The lowest BCUT2D eigenvalue weighted by molar-refractivity contribution is 0.173. The fourth-order valence-electron chi connectivity index (χ4n) is 0.921. The average molecular weight is 262 g/mol. The van der Waals surface area contributed by atoms with Crippen LogP contribution in [-0.4, -0.2) is 5.11 Å². The maximum Gasteiger partial charge on any atom is 0.0787 e. The van der Waals surface area contributed by atoms with Crippen LogP contribution in [0.15, 0.2) is 24.3 Å². The van der Waals surface area contributed by atoms with Crippen LogP contribution in [0.4, 0.5) is 0 Å². The number of rotatable bonds is 2. The van der Waals surface area contributed by atoms with Crippen molar-refractivity contribution in [2.45, 2.75) is 19.4 Å². The molecule has 1 rings (SSSR count). The van der Waals surface area contributed by atoms with Crippen LogP contribution >= 0.6 is 22.6 Å². The molecule has 0 aliphatic heterocycles. The summed E-state index contributed by atoms with van der Waals surface area (Å²) in [5.74, 6) is 0. The van der Waals surface area contributed by atoms with E-state index in [-0.39, 0.29) is 6.10 Å². The molecule has 11 heavy (non-hydrogen) atoms. The van der Waals surface area contributed by atoms with Crippen molar-refractivity contribution in [1.29, 1.82) is 0 Å². The number of aliphatic hydroxyl groups excluding tert-OH is 1. The van der Waals surface area contributed by atoms with Crippen molar-refractivity contribution in [3.05, 3.63) is 33.4 Å². The third-order valence-corrected chi connectivity index (χ3v) is 2.36. The van der Waals surface area contributed by atoms with Gasteiger partial charge in [0.25, 0.3) is 0 Å². The largest absolute Gasteiger partial charge is 0.388 e. The molecule has 2 heteroatoms. The van der Waals surface area contributed by atoms with Gasteiger partial charge in [0.2, 0.25) is 0 Å². The minimum Gasteiger partial charge on any atom is -0.388 e. The first-order chi connectivity index (χ1) is 5.24. The summed E-state index contributed by atoms with van der Waals surface area (Å²) in [7, 11) is 0. The Balaban J connectivity index is 2.81. The lowest BCUT2D eigenvalue weighted by atomic mass is 10.1.